The lowest BCUT2D eigenvalue weighted by atomic mass is 9.82. The summed E-state index contributed by atoms with van der Waals surface area (Å²) in [6, 6.07) is 194. The van der Waals surface area contributed by atoms with Crippen molar-refractivity contribution in [2.75, 3.05) is 0 Å². The molecule has 694 valence electrons. The Morgan fingerprint density at radius 3 is 0.804 bits per heavy atom. The van der Waals surface area contributed by atoms with Crippen LogP contribution in [0, 0.1) is 0 Å². The van der Waals surface area contributed by atoms with E-state index in [0.29, 0.717) is 0 Å². The van der Waals surface area contributed by atoms with E-state index in [1.54, 1.807) is 0 Å². The Morgan fingerprint density at radius 2 is 0.399 bits per heavy atom. The minimum Gasteiger partial charge on any atom is -0.455 e. The van der Waals surface area contributed by atoms with E-state index < -0.39 is 0 Å². The van der Waals surface area contributed by atoms with E-state index in [0.717, 1.165) is 50.1 Å². The second-order valence-electron chi connectivity index (χ2n) is 39.7. The summed E-state index contributed by atoms with van der Waals surface area (Å²) in [5.41, 5.74) is 43.3. The third-order valence-electron chi connectivity index (χ3n) is 31.2. The predicted molar refractivity (Wildman–Crippen MR) is 623 cm³/mol. The van der Waals surface area contributed by atoms with Crippen molar-refractivity contribution < 1.29 is 4.42 Å². The van der Waals surface area contributed by atoms with Gasteiger partial charge in [-0.25, -0.2) is 0 Å². The quantitative estimate of drug-likeness (QED) is 0.120. The molecule has 7 aromatic heterocycles. The van der Waals surface area contributed by atoms with Gasteiger partial charge in [-0.05, 0) is 278 Å². The number of furan rings is 1. The molecule has 0 saturated heterocycles. The maximum absolute atomic E-state index is 6.36. The van der Waals surface area contributed by atoms with Crippen molar-refractivity contribution in [3.05, 3.63) is 545 Å². The maximum atomic E-state index is 6.36. The SMILES string of the molecule is CC1(C)c2ccccc2-c2cc3c4cc(-c5ccc6c(c5)c5ccccc5n6-c5ccccc5)ccc4n(-c4ccccc4)c3cc21.c1ccc(-c2ccc(-n3c4ccccc4c4cc(-c5ccc6c(c5)c5ccc(-c7ccccc7)cc5n6-c5ccccc5)ccc43)cc2)cc1.c1ccc(-n2c3ccccc3c3cc(-c4ccc5c(c4)c4ccccc4n5-c4ccc(-c5cccc6c5oc5ccccc56)cc4)ccc32)cc1. The molecule has 7 heteroatoms. The van der Waals surface area contributed by atoms with Crippen molar-refractivity contribution in [1.82, 2.24) is 27.4 Å². The molecular formula is C141H94N6O. The monoisotopic (exact) mass is 1890 g/mol. The lowest BCUT2D eigenvalue weighted by Crippen LogP contribution is -2.14. The number of fused-ring (bicyclic) bond motifs is 24. The molecule has 1 aliphatic carbocycles. The highest BCUT2D eigenvalue weighted by atomic mass is 16.3. The molecule has 0 unspecified atom stereocenters. The van der Waals surface area contributed by atoms with Crippen molar-refractivity contribution >= 4 is 153 Å². The van der Waals surface area contributed by atoms with E-state index in [1.165, 1.54) is 226 Å². The summed E-state index contributed by atoms with van der Waals surface area (Å²) >= 11 is 0. The average molecular weight is 1890 g/mol. The first kappa shape index (κ1) is 85.4. The molecule has 0 spiro atoms. The fraction of sp³-hybridized carbons (Fsp3) is 0.0213. The molecule has 0 saturated carbocycles. The summed E-state index contributed by atoms with van der Waals surface area (Å²) in [4.78, 5) is 0. The zero-order chi connectivity index (χ0) is 97.8. The topological polar surface area (TPSA) is 42.7 Å². The normalized spacial score (nSPS) is 12.3. The van der Waals surface area contributed by atoms with E-state index in [1.807, 2.05) is 12.1 Å². The largest absolute Gasteiger partial charge is 0.455 e. The number of hydrogen-bond acceptors (Lipinski definition) is 1. The van der Waals surface area contributed by atoms with Gasteiger partial charge < -0.3 is 31.8 Å². The van der Waals surface area contributed by atoms with Crippen LogP contribution in [0.3, 0.4) is 0 Å². The Hall–Kier alpha value is -19.3. The van der Waals surface area contributed by atoms with Crippen LogP contribution in [0.2, 0.25) is 0 Å². The van der Waals surface area contributed by atoms with Gasteiger partial charge in [0.05, 0.1) is 66.2 Å². The van der Waals surface area contributed by atoms with Crippen LogP contribution in [0.15, 0.2) is 538 Å². The van der Waals surface area contributed by atoms with Crippen LogP contribution in [-0.4, -0.2) is 27.4 Å². The minimum absolute atomic E-state index is 0.0579. The second-order valence-corrected chi connectivity index (χ2v) is 39.7. The fourth-order valence-electron chi connectivity index (χ4n) is 24.2. The molecule has 7 nitrogen and oxygen atoms in total. The van der Waals surface area contributed by atoms with E-state index in [4.69, 9.17) is 4.42 Å². The van der Waals surface area contributed by atoms with Crippen molar-refractivity contribution in [2.45, 2.75) is 19.3 Å². The minimum atomic E-state index is -0.0579. The number of nitrogens with zero attached hydrogens (tertiary/aromatic N) is 6. The van der Waals surface area contributed by atoms with Gasteiger partial charge in [0.15, 0.2) is 0 Å². The van der Waals surface area contributed by atoms with Crippen LogP contribution in [0.25, 0.3) is 265 Å². The molecule has 0 atom stereocenters. The standard InChI is InChI=1S/C48H30N2O.C48H32N2.C45H32N2/c1-2-11-34(12-3-1)49-43-18-7-4-13-37(43)41-29-32(23-27-45(41)49)33-24-28-46-42(30-33)38-14-5-8-19-44(38)50(46)35-25-21-31(22-26-35)36-16-10-17-40-39-15-6-9-20-47(39)51-48(36)40;1-4-12-33(13-5-1)35-20-25-40(26-21-35)49-45-19-11-10-18-41(45)43-30-36(23-28-46(43)49)37-24-29-47-44(31-37)42-27-22-38(34-14-6-2-7-15-34)32-48(42)50(47)39-16-8-3-9-17-39;1-45(2)39-19-11-9-17-33(39)35-27-38-37-26-30(22-24-43(37)47(44(38)28-40(35)45)32-15-7-4-8-16-32)29-21-23-42-36(25-29)34-18-10-12-20-41(34)46(42)31-13-5-3-6-14-31/h1-30H;1-32H;3-28H,1-2H3. The molecule has 148 heavy (non-hydrogen) atoms. The molecule has 0 radical (unpaired) electrons. The molecule has 0 amide bonds. The molecule has 0 fully saturated rings. The van der Waals surface area contributed by atoms with Crippen molar-refractivity contribution in [1.29, 1.82) is 0 Å². The van der Waals surface area contributed by atoms with Gasteiger partial charge >= 0.3 is 0 Å². The number of para-hydroxylation sites is 10. The Morgan fingerprint density at radius 1 is 0.142 bits per heavy atom. The summed E-state index contributed by atoms with van der Waals surface area (Å²) in [6.07, 6.45) is 0. The predicted octanol–water partition coefficient (Wildman–Crippen LogP) is 37.9. The van der Waals surface area contributed by atoms with Gasteiger partial charge in [0.1, 0.15) is 11.2 Å². The van der Waals surface area contributed by atoms with E-state index in [2.05, 4.69) is 563 Å². The maximum Gasteiger partial charge on any atom is 0.143 e. The van der Waals surface area contributed by atoms with Gasteiger partial charge in [0.25, 0.3) is 0 Å². The van der Waals surface area contributed by atoms with E-state index in [9.17, 15) is 0 Å². The van der Waals surface area contributed by atoms with Crippen molar-refractivity contribution in [3.63, 3.8) is 0 Å². The van der Waals surface area contributed by atoms with Gasteiger partial charge in [0.2, 0.25) is 0 Å². The Balaban J connectivity index is 0.000000105. The second kappa shape index (κ2) is 34.5. The van der Waals surface area contributed by atoms with Gasteiger partial charge in [-0.2, -0.15) is 0 Å². The zero-order valence-corrected chi connectivity index (χ0v) is 81.4. The summed E-state index contributed by atoms with van der Waals surface area (Å²) in [5.74, 6) is 0. The highest BCUT2D eigenvalue weighted by Crippen LogP contribution is 2.53. The first-order valence-corrected chi connectivity index (χ1v) is 51.1. The van der Waals surface area contributed by atoms with Crippen LogP contribution in [0.4, 0.5) is 0 Å². The van der Waals surface area contributed by atoms with E-state index >= 15 is 0 Å². The summed E-state index contributed by atoms with van der Waals surface area (Å²) in [6.45, 7) is 4.73. The van der Waals surface area contributed by atoms with Crippen LogP contribution in [-0.2, 0) is 5.41 Å². The first-order chi connectivity index (χ1) is 73.2. The van der Waals surface area contributed by atoms with Gasteiger partial charge in [-0.3, -0.25) is 0 Å². The zero-order valence-electron chi connectivity index (χ0n) is 81.4. The average Bonchev–Trinajstić information content (AvgIpc) is 1.55. The van der Waals surface area contributed by atoms with Crippen LogP contribution >= 0.6 is 0 Å². The molecule has 1 aliphatic rings. The molecule has 30 aromatic rings. The van der Waals surface area contributed by atoms with Gasteiger partial charge in [-0.1, -0.05) is 354 Å². The molecule has 0 N–H and O–H groups in total. The highest BCUT2D eigenvalue weighted by Gasteiger charge is 2.37. The van der Waals surface area contributed by atoms with E-state index in [-0.39, 0.29) is 5.41 Å². The molecule has 31 rings (SSSR count). The molecule has 23 aromatic carbocycles. The number of hydrogen-bond donors (Lipinski definition) is 0. The van der Waals surface area contributed by atoms with Gasteiger partial charge in [0, 0.05) is 121 Å². The molecule has 0 bridgehead atoms. The molecule has 7 heterocycles. The highest BCUT2D eigenvalue weighted by molar-refractivity contribution is 6.19. The lowest BCUT2D eigenvalue weighted by Gasteiger charge is -2.21. The summed E-state index contributed by atoms with van der Waals surface area (Å²) < 4.78 is 20.7. The Kier molecular flexibility index (Phi) is 19.9. The summed E-state index contributed by atoms with van der Waals surface area (Å²) in [5, 5.41) is 17.4. The molecule has 0 aliphatic heterocycles. The number of rotatable bonds is 12. The Labute approximate surface area is 854 Å². The first-order valence-electron chi connectivity index (χ1n) is 51.1. The van der Waals surface area contributed by atoms with Crippen molar-refractivity contribution in [3.8, 4) is 112 Å². The van der Waals surface area contributed by atoms with Crippen LogP contribution < -0.4 is 0 Å². The van der Waals surface area contributed by atoms with Crippen molar-refractivity contribution in [2.24, 2.45) is 0 Å². The third kappa shape index (κ3) is 13.9. The third-order valence-corrected chi connectivity index (χ3v) is 31.2. The van der Waals surface area contributed by atoms with Crippen LogP contribution in [0.1, 0.15) is 25.0 Å². The molecular weight excluding hydrogens is 1790 g/mol. The van der Waals surface area contributed by atoms with Crippen LogP contribution in [0.5, 0.6) is 0 Å². The Bertz CT molecular complexity index is 10500. The summed E-state index contributed by atoms with van der Waals surface area (Å²) in [7, 11) is 0. The smallest absolute Gasteiger partial charge is 0.143 e. The number of aromatic nitrogens is 6. The van der Waals surface area contributed by atoms with Gasteiger partial charge in [-0.15, -0.1) is 0 Å². The lowest BCUT2D eigenvalue weighted by molar-refractivity contribution is 0.661. The number of benzene rings is 23. The fourth-order valence-corrected chi connectivity index (χ4v) is 24.2.